The first-order chi connectivity index (χ1) is 9.37. The summed E-state index contributed by atoms with van der Waals surface area (Å²) in [6.07, 6.45) is 5.31. The fourth-order valence-corrected chi connectivity index (χ4v) is 4.49. The van der Waals surface area contributed by atoms with Gasteiger partial charge in [0.25, 0.3) is 0 Å². The number of aryl methyl sites for hydroxylation is 1. The number of sulfonamides is 1. The average molecular weight is 318 g/mol. The molecule has 1 aliphatic rings. The molecule has 1 aromatic rings. The summed E-state index contributed by atoms with van der Waals surface area (Å²) in [5.74, 6) is 0.253. The number of hydrogen-bond donors (Lipinski definition) is 2. The van der Waals surface area contributed by atoms with Gasteiger partial charge in [-0.1, -0.05) is 30.9 Å². The van der Waals surface area contributed by atoms with E-state index in [1.54, 1.807) is 13.0 Å². The molecule has 0 saturated heterocycles. The standard InChI is InChI=1S/C14H20ClNO3S/c1-10-7-12(15)8-13(14(10)17)16-20(18,19)9-11-5-3-2-4-6-11/h7-8,11,16-17H,2-6,9H2,1H3. The van der Waals surface area contributed by atoms with Crippen LogP contribution in [0.2, 0.25) is 5.02 Å². The van der Waals surface area contributed by atoms with Crippen molar-refractivity contribution in [2.75, 3.05) is 10.5 Å². The Hall–Kier alpha value is -0.940. The lowest BCUT2D eigenvalue weighted by Gasteiger charge is -2.21. The first kappa shape index (κ1) is 15.4. The molecule has 0 unspecified atom stereocenters. The van der Waals surface area contributed by atoms with E-state index in [1.807, 2.05) is 0 Å². The molecular formula is C14H20ClNO3S. The molecule has 0 radical (unpaired) electrons. The quantitative estimate of drug-likeness (QED) is 0.832. The molecule has 0 bridgehead atoms. The Bertz CT molecular complexity index is 580. The average Bonchev–Trinajstić information content (AvgIpc) is 2.35. The van der Waals surface area contributed by atoms with Crippen LogP contribution in [0, 0.1) is 12.8 Å². The molecule has 0 amide bonds. The highest BCUT2D eigenvalue weighted by Gasteiger charge is 2.22. The Labute approximate surface area is 125 Å². The summed E-state index contributed by atoms with van der Waals surface area (Å²) >= 11 is 5.90. The van der Waals surface area contributed by atoms with E-state index in [-0.39, 0.29) is 23.1 Å². The highest BCUT2D eigenvalue weighted by atomic mass is 35.5. The molecule has 0 aromatic heterocycles. The molecule has 2 N–H and O–H groups in total. The number of phenols is 1. The van der Waals surface area contributed by atoms with Crippen LogP contribution >= 0.6 is 11.6 Å². The number of phenolic OH excluding ortho intramolecular Hbond substituents is 1. The van der Waals surface area contributed by atoms with Gasteiger partial charge in [-0.2, -0.15) is 0 Å². The van der Waals surface area contributed by atoms with Gasteiger partial charge in [-0.25, -0.2) is 8.42 Å². The molecule has 2 rings (SSSR count). The number of benzene rings is 1. The largest absolute Gasteiger partial charge is 0.505 e. The first-order valence-corrected chi connectivity index (χ1v) is 8.90. The van der Waals surface area contributed by atoms with Crippen LogP contribution in [0.25, 0.3) is 0 Å². The second kappa shape index (κ2) is 6.22. The zero-order valence-corrected chi connectivity index (χ0v) is 13.1. The van der Waals surface area contributed by atoms with E-state index < -0.39 is 10.0 Å². The van der Waals surface area contributed by atoms with Crippen LogP contribution in [0.5, 0.6) is 5.75 Å². The molecular weight excluding hydrogens is 298 g/mol. The van der Waals surface area contributed by atoms with Crippen LogP contribution in [0.4, 0.5) is 5.69 Å². The first-order valence-electron chi connectivity index (χ1n) is 6.87. The Morgan fingerprint density at radius 2 is 1.95 bits per heavy atom. The van der Waals surface area contributed by atoms with Crippen molar-refractivity contribution < 1.29 is 13.5 Å². The third-order valence-electron chi connectivity index (χ3n) is 3.71. The molecule has 0 spiro atoms. The van der Waals surface area contributed by atoms with Crippen molar-refractivity contribution in [3.8, 4) is 5.75 Å². The van der Waals surface area contributed by atoms with Crippen molar-refractivity contribution in [2.45, 2.75) is 39.0 Å². The maximum absolute atomic E-state index is 12.2. The number of hydrogen-bond acceptors (Lipinski definition) is 3. The minimum absolute atomic E-state index is 0.0679. The van der Waals surface area contributed by atoms with E-state index in [4.69, 9.17) is 11.6 Å². The normalized spacial score (nSPS) is 17.1. The summed E-state index contributed by atoms with van der Waals surface area (Å²) in [5.41, 5.74) is 0.707. The lowest BCUT2D eigenvalue weighted by Crippen LogP contribution is -2.24. The van der Waals surface area contributed by atoms with Crippen molar-refractivity contribution in [3.63, 3.8) is 0 Å². The van der Waals surface area contributed by atoms with Crippen molar-refractivity contribution in [3.05, 3.63) is 22.7 Å². The van der Waals surface area contributed by atoms with Gasteiger partial charge in [0.2, 0.25) is 10.0 Å². The van der Waals surface area contributed by atoms with E-state index in [2.05, 4.69) is 4.72 Å². The zero-order valence-electron chi connectivity index (χ0n) is 11.5. The van der Waals surface area contributed by atoms with E-state index in [0.29, 0.717) is 10.6 Å². The van der Waals surface area contributed by atoms with Crippen molar-refractivity contribution in [2.24, 2.45) is 5.92 Å². The highest BCUT2D eigenvalue weighted by Crippen LogP contribution is 2.32. The van der Waals surface area contributed by atoms with Gasteiger partial charge in [-0.05, 0) is 43.4 Å². The van der Waals surface area contributed by atoms with E-state index in [1.165, 1.54) is 12.5 Å². The van der Waals surface area contributed by atoms with Gasteiger partial charge in [-0.15, -0.1) is 0 Å². The third kappa shape index (κ3) is 4.03. The minimum Gasteiger partial charge on any atom is -0.505 e. The zero-order chi connectivity index (χ0) is 14.8. The van der Waals surface area contributed by atoms with Crippen molar-refractivity contribution >= 4 is 27.3 Å². The SMILES string of the molecule is Cc1cc(Cl)cc(NS(=O)(=O)CC2CCCCC2)c1O. The van der Waals surface area contributed by atoms with Crippen LogP contribution < -0.4 is 4.72 Å². The summed E-state index contributed by atoms with van der Waals surface area (Å²) in [6, 6.07) is 3.03. The molecule has 20 heavy (non-hydrogen) atoms. The molecule has 0 atom stereocenters. The fourth-order valence-electron chi connectivity index (χ4n) is 2.69. The van der Waals surface area contributed by atoms with Crippen LogP contribution in [-0.2, 0) is 10.0 Å². The van der Waals surface area contributed by atoms with Crippen LogP contribution in [0.3, 0.4) is 0 Å². The summed E-state index contributed by atoms with van der Waals surface area (Å²) in [6.45, 7) is 1.68. The monoisotopic (exact) mass is 317 g/mol. The van der Waals surface area contributed by atoms with Crippen molar-refractivity contribution in [1.82, 2.24) is 0 Å². The number of rotatable bonds is 4. The van der Waals surface area contributed by atoms with Crippen LogP contribution in [0.15, 0.2) is 12.1 Å². The van der Waals surface area contributed by atoms with Gasteiger partial charge >= 0.3 is 0 Å². The second-order valence-electron chi connectivity index (χ2n) is 5.51. The van der Waals surface area contributed by atoms with E-state index in [9.17, 15) is 13.5 Å². The lowest BCUT2D eigenvalue weighted by molar-refractivity contribution is 0.385. The van der Waals surface area contributed by atoms with Crippen LogP contribution in [0.1, 0.15) is 37.7 Å². The second-order valence-corrected chi connectivity index (χ2v) is 7.71. The maximum atomic E-state index is 12.2. The van der Waals surface area contributed by atoms with Crippen molar-refractivity contribution in [1.29, 1.82) is 0 Å². The van der Waals surface area contributed by atoms with Gasteiger partial charge in [0.15, 0.2) is 0 Å². The van der Waals surface area contributed by atoms with Gasteiger partial charge in [-0.3, -0.25) is 4.72 Å². The molecule has 1 aliphatic carbocycles. The minimum atomic E-state index is -3.46. The highest BCUT2D eigenvalue weighted by molar-refractivity contribution is 7.92. The topological polar surface area (TPSA) is 66.4 Å². The summed E-state index contributed by atoms with van der Waals surface area (Å²) < 4.78 is 26.8. The third-order valence-corrected chi connectivity index (χ3v) is 5.37. The summed E-state index contributed by atoms with van der Waals surface area (Å²) in [4.78, 5) is 0. The van der Waals surface area contributed by atoms with Crippen LogP contribution in [-0.4, -0.2) is 19.3 Å². The molecule has 1 aromatic carbocycles. The fraction of sp³-hybridized carbons (Fsp3) is 0.571. The molecule has 112 valence electrons. The van der Waals surface area contributed by atoms with E-state index >= 15 is 0 Å². The van der Waals surface area contributed by atoms with Gasteiger partial charge in [0.05, 0.1) is 11.4 Å². The van der Waals surface area contributed by atoms with E-state index in [0.717, 1.165) is 25.7 Å². The predicted molar refractivity (Wildman–Crippen MR) is 81.8 cm³/mol. The molecule has 6 heteroatoms. The van der Waals surface area contributed by atoms with Gasteiger partial charge in [0, 0.05) is 5.02 Å². The molecule has 0 heterocycles. The Balaban J connectivity index is 2.11. The predicted octanol–water partition coefficient (Wildman–Crippen LogP) is 3.68. The van der Waals surface area contributed by atoms with Gasteiger partial charge in [0.1, 0.15) is 5.75 Å². The molecule has 1 fully saturated rings. The summed E-state index contributed by atoms with van der Waals surface area (Å²) in [5, 5.41) is 10.3. The molecule has 1 saturated carbocycles. The Kier molecular flexibility index (Phi) is 4.81. The number of aromatic hydroxyl groups is 1. The maximum Gasteiger partial charge on any atom is 0.233 e. The Morgan fingerprint density at radius 3 is 2.60 bits per heavy atom. The van der Waals surface area contributed by atoms with Gasteiger partial charge < -0.3 is 5.11 Å². The number of nitrogens with one attached hydrogen (secondary N) is 1. The smallest absolute Gasteiger partial charge is 0.233 e. The molecule has 4 nitrogen and oxygen atoms in total. The molecule has 0 aliphatic heterocycles. The number of halogens is 1. The number of anilines is 1. The summed E-state index contributed by atoms with van der Waals surface area (Å²) in [7, 11) is -3.46. The lowest BCUT2D eigenvalue weighted by atomic mass is 9.91. The Morgan fingerprint density at radius 1 is 1.30 bits per heavy atom.